The van der Waals surface area contributed by atoms with E-state index in [-0.39, 0.29) is 0 Å². The van der Waals surface area contributed by atoms with Gasteiger partial charge in [-0.1, -0.05) is 13.8 Å². The number of likely N-dealkylation sites (tertiary alicyclic amines) is 1. The summed E-state index contributed by atoms with van der Waals surface area (Å²) in [5, 5.41) is 3.08. The Bertz CT molecular complexity index is 201. The van der Waals surface area contributed by atoms with Gasteiger partial charge in [0.2, 0.25) is 5.91 Å². The van der Waals surface area contributed by atoms with Crippen LogP contribution in [0.3, 0.4) is 0 Å². The summed E-state index contributed by atoms with van der Waals surface area (Å²) in [4.78, 5) is 13.7. The molecule has 3 heteroatoms. The Kier molecular flexibility index (Phi) is 3.93. The molecule has 1 N–H and O–H groups in total. The number of carbonyl (C=O) groups is 1. The van der Waals surface area contributed by atoms with Gasteiger partial charge in [-0.2, -0.15) is 0 Å². The van der Waals surface area contributed by atoms with Gasteiger partial charge >= 0.3 is 0 Å². The zero-order valence-corrected chi connectivity index (χ0v) is 9.60. The summed E-state index contributed by atoms with van der Waals surface area (Å²) in [6, 6.07) is 0. The fourth-order valence-corrected chi connectivity index (χ4v) is 1.77. The predicted octanol–water partition coefficient (Wildman–Crippen LogP) is 1.24. The van der Waals surface area contributed by atoms with E-state index in [0.29, 0.717) is 11.3 Å². The standard InChI is InChI=1S/C11H22N2O/c1-11(2)5-4-10(14)13(8-6-11)9-7-12-3/h12H,4-9H2,1-3H3. The molecule has 0 atom stereocenters. The van der Waals surface area contributed by atoms with Crippen molar-refractivity contribution >= 4 is 5.91 Å². The van der Waals surface area contributed by atoms with Crippen molar-refractivity contribution in [2.24, 2.45) is 5.41 Å². The first-order valence-corrected chi connectivity index (χ1v) is 5.47. The third-order valence-corrected chi connectivity index (χ3v) is 3.06. The van der Waals surface area contributed by atoms with E-state index < -0.39 is 0 Å². The van der Waals surface area contributed by atoms with Gasteiger partial charge in [-0.3, -0.25) is 4.79 Å². The van der Waals surface area contributed by atoms with Gasteiger partial charge in [0.1, 0.15) is 0 Å². The van der Waals surface area contributed by atoms with Crippen molar-refractivity contribution in [2.75, 3.05) is 26.7 Å². The van der Waals surface area contributed by atoms with E-state index in [1.165, 1.54) is 0 Å². The smallest absolute Gasteiger partial charge is 0.222 e. The molecule has 0 aromatic carbocycles. The largest absolute Gasteiger partial charge is 0.341 e. The molecule has 1 aliphatic heterocycles. The minimum absolute atomic E-state index is 0.325. The average molecular weight is 198 g/mol. The van der Waals surface area contributed by atoms with Crippen LogP contribution in [0.1, 0.15) is 33.1 Å². The summed E-state index contributed by atoms with van der Waals surface area (Å²) in [6.07, 6.45) is 2.88. The highest BCUT2D eigenvalue weighted by atomic mass is 16.2. The van der Waals surface area contributed by atoms with Gasteiger partial charge in [0.25, 0.3) is 0 Å². The fourth-order valence-electron chi connectivity index (χ4n) is 1.77. The summed E-state index contributed by atoms with van der Waals surface area (Å²) < 4.78 is 0. The lowest BCUT2D eigenvalue weighted by Crippen LogP contribution is -2.35. The maximum atomic E-state index is 11.7. The van der Waals surface area contributed by atoms with Crippen LogP contribution in [-0.2, 0) is 4.79 Å². The number of amides is 1. The van der Waals surface area contributed by atoms with Crippen molar-refractivity contribution in [1.82, 2.24) is 10.2 Å². The number of nitrogens with one attached hydrogen (secondary N) is 1. The van der Waals surface area contributed by atoms with Gasteiger partial charge in [0, 0.05) is 26.1 Å². The predicted molar refractivity (Wildman–Crippen MR) is 58.1 cm³/mol. The first kappa shape index (κ1) is 11.5. The number of hydrogen-bond acceptors (Lipinski definition) is 2. The summed E-state index contributed by atoms with van der Waals surface area (Å²) in [7, 11) is 1.92. The van der Waals surface area contributed by atoms with Gasteiger partial charge in [0.05, 0.1) is 0 Å². The number of hydrogen-bond donors (Lipinski definition) is 1. The highest BCUT2D eigenvalue weighted by molar-refractivity contribution is 5.76. The van der Waals surface area contributed by atoms with E-state index in [2.05, 4.69) is 19.2 Å². The molecule has 1 fully saturated rings. The van der Waals surface area contributed by atoms with Crippen LogP contribution in [0.5, 0.6) is 0 Å². The van der Waals surface area contributed by atoms with Gasteiger partial charge < -0.3 is 10.2 Å². The zero-order chi connectivity index (χ0) is 10.6. The lowest BCUT2D eigenvalue weighted by atomic mass is 9.85. The summed E-state index contributed by atoms with van der Waals surface area (Å²) in [5.41, 5.74) is 0.337. The minimum Gasteiger partial charge on any atom is -0.341 e. The Morgan fingerprint density at radius 1 is 1.43 bits per heavy atom. The molecule has 0 bridgehead atoms. The third-order valence-electron chi connectivity index (χ3n) is 3.06. The van der Waals surface area contributed by atoms with Gasteiger partial charge in [-0.25, -0.2) is 0 Å². The maximum absolute atomic E-state index is 11.7. The topological polar surface area (TPSA) is 32.3 Å². The molecule has 3 nitrogen and oxygen atoms in total. The SMILES string of the molecule is CNCCN1CCC(C)(C)CCC1=O. The van der Waals surface area contributed by atoms with E-state index in [4.69, 9.17) is 0 Å². The highest BCUT2D eigenvalue weighted by Gasteiger charge is 2.26. The summed E-state index contributed by atoms with van der Waals surface area (Å²) in [5.74, 6) is 0.325. The van der Waals surface area contributed by atoms with Crippen molar-refractivity contribution in [3.05, 3.63) is 0 Å². The monoisotopic (exact) mass is 198 g/mol. The Balaban J connectivity index is 2.47. The number of nitrogens with zero attached hydrogens (tertiary/aromatic N) is 1. The maximum Gasteiger partial charge on any atom is 0.222 e. The number of rotatable bonds is 3. The molecule has 0 radical (unpaired) electrons. The molecule has 0 aliphatic carbocycles. The molecule has 1 rings (SSSR count). The average Bonchev–Trinajstić information content (AvgIpc) is 2.25. The normalized spacial score (nSPS) is 22.2. The first-order chi connectivity index (χ1) is 6.55. The Hall–Kier alpha value is -0.570. The molecule has 0 unspecified atom stereocenters. The first-order valence-electron chi connectivity index (χ1n) is 5.47. The van der Waals surface area contributed by atoms with E-state index >= 15 is 0 Å². The van der Waals surface area contributed by atoms with Gasteiger partial charge in [-0.05, 0) is 25.3 Å². The van der Waals surface area contributed by atoms with Crippen LogP contribution in [0.2, 0.25) is 0 Å². The highest BCUT2D eigenvalue weighted by Crippen LogP contribution is 2.29. The lowest BCUT2D eigenvalue weighted by molar-refractivity contribution is -0.130. The molecule has 14 heavy (non-hydrogen) atoms. The number of carbonyl (C=O) groups excluding carboxylic acids is 1. The molecule has 82 valence electrons. The van der Waals surface area contributed by atoms with Crippen LogP contribution in [-0.4, -0.2) is 37.5 Å². The second-order valence-corrected chi connectivity index (χ2v) is 4.90. The van der Waals surface area contributed by atoms with Gasteiger partial charge in [0.15, 0.2) is 0 Å². The summed E-state index contributed by atoms with van der Waals surface area (Å²) >= 11 is 0. The summed E-state index contributed by atoms with van der Waals surface area (Å²) in [6.45, 7) is 7.18. The molecule has 0 spiro atoms. The van der Waals surface area contributed by atoms with Crippen LogP contribution in [0.15, 0.2) is 0 Å². The third kappa shape index (κ3) is 3.29. The Morgan fingerprint density at radius 2 is 2.14 bits per heavy atom. The molecule has 1 aliphatic rings. The molecule has 0 aromatic heterocycles. The van der Waals surface area contributed by atoms with Crippen molar-refractivity contribution < 1.29 is 4.79 Å². The van der Waals surface area contributed by atoms with E-state index in [0.717, 1.165) is 38.9 Å². The Morgan fingerprint density at radius 3 is 2.79 bits per heavy atom. The van der Waals surface area contributed by atoms with Crippen LogP contribution >= 0.6 is 0 Å². The van der Waals surface area contributed by atoms with Crippen LogP contribution < -0.4 is 5.32 Å². The van der Waals surface area contributed by atoms with Crippen molar-refractivity contribution in [3.8, 4) is 0 Å². The van der Waals surface area contributed by atoms with E-state index in [1.807, 2.05) is 11.9 Å². The fraction of sp³-hybridized carbons (Fsp3) is 0.909. The molecular weight excluding hydrogens is 176 g/mol. The molecular formula is C11H22N2O. The van der Waals surface area contributed by atoms with E-state index in [9.17, 15) is 4.79 Å². The number of likely N-dealkylation sites (N-methyl/N-ethyl adjacent to an activating group) is 1. The quantitative estimate of drug-likeness (QED) is 0.740. The molecule has 1 saturated heterocycles. The van der Waals surface area contributed by atoms with Crippen LogP contribution in [0.25, 0.3) is 0 Å². The second kappa shape index (κ2) is 4.78. The van der Waals surface area contributed by atoms with Crippen molar-refractivity contribution in [1.29, 1.82) is 0 Å². The molecule has 1 amide bonds. The van der Waals surface area contributed by atoms with Crippen LogP contribution in [0, 0.1) is 5.41 Å². The van der Waals surface area contributed by atoms with Gasteiger partial charge in [-0.15, -0.1) is 0 Å². The molecule has 0 saturated carbocycles. The molecule has 1 heterocycles. The lowest BCUT2D eigenvalue weighted by Gasteiger charge is -2.23. The second-order valence-electron chi connectivity index (χ2n) is 4.90. The van der Waals surface area contributed by atoms with Crippen LogP contribution in [0.4, 0.5) is 0 Å². The minimum atomic E-state index is 0.325. The van der Waals surface area contributed by atoms with Crippen molar-refractivity contribution in [3.63, 3.8) is 0 Å². The van der Waals surface area contributed by atoms with Crippen molar-refractivity contribution in [2.45, 2.75) is 33.1 Å². The zero-order valence-electron chi connectivity index (χ0n) is 9.60. The molecule has 0 aromatic rings. The van der Waals surface area contributed by atoms with E-state index in [1.54, 1.807) is 0 Å². The Labute approximate surface area is 86.9 Å².